The zero-order valence-corrected chi connectivity index (χ0v) is 15.7. The number of carbonyl (C=O) groups excluding carboxylic acids is 1. The van der Waals surface area contributed by atoms with Gasteiger partial charge >= 0.3 is 0 Å². The van der Waals surface area contributed by atoms with E-state index in [0.29, 0.717) is 44.6 Å². The molecular weight excluding hydrogens is 413 g/mol. The van der Waals surface area contributed by atoms with E-state index in [1.807, 2.05) is 18.2 Å². The Morgan fingerprint density at radius 2 is 1.96 bits per heavy atom. The topological polar surface area (TPSA) is 39.2 Å². The number of carbonyl (C=O) groups is 1. The number of benzene rings is 1. The minimum Gasteiger partial charge on any atom is -0.500 e. The lowest BCUT2D eigenvalue weighted by molar-refractivity contribution is -0.110. The van der Waals surface area contributed by atoms with Gasteiger partial charge in [0.1, 0.15) is 5.76 Å². The number of methoxy groups -OCH3 is 1. The number of allylic oxidation sites excluding steroid dienone is 2. The van der Waals surface area contributed by atoms with Crippen molar-refractivity contribution in [2.75, 3.05) is 7.11 Å². The highest BCUT2D eigenvalue weighted by molar-refractivity contribution is 9.10. The zero-order chi connectivity index (χ0) is 17.3. The molecule has 0 atom stereocenters. The van der Waals surface area contributed by atoms with Crippen LogP contribution in [0.1, 0.15) is 17.7 Å². The zero-order valence-electron chi connectivity index (χ0n) is 12.6. The first kappa shape index (κ1) is 17.2. The van der Waals surface area contributed by atoms with E-state index < -0.39 is 0 Å². The summed E-state index contributed by atoms with van der Waals surface area (Å²) in [5.74, 6) is 0.400. The smallest absolute Gasteiger partial charge is 0.193 e. The van der Waals surface area contributed by atoms with Gasteiger partial charge in [0.05, 0.1) is 28.4 Å². The van der Waals surface area contributed by atoms with Gasteiger partial charge in [-0.05, 0) is 30.3 Å². The van der Waals surface area contributed by atoms with Crippen molar-refractivity contribution in [3.63, 3.8) is 0 Å². The highest BCUT2D eigenvalue weighted by atomic mass is 79.9. The van der Waals surface area contributed by atoms with E-state index in [2.05, 4.69) is 20.9 Å². The molecule has 6 heteroatoms. The number of aromatic nitrogens is 1. The van der Waals surface area contributed by atoms with Crippen LogP contribution in [0.2, 0.25) is 10.0 Å². The quantitative estimate of drug-likeness (QED) is 0.605. The Morgan fingerprint density at radius 1 is 1.25 bits per heavy atom. The summed E-state index contributed by atoms with van der Waals surface area (Å²) >= 11 is 16.0. The summed E-state index contributed by atoms with van der Waals surface area (Å²) in [6, 6.07) is 8.94. The van der Waals surface area contributed by atoms with Gasteiger partial charge in [-0.3, -0.25) is 9.78 Å². The van der Waals surface area contributed by atoms with Crippen LogP contribution in [0.3, 0.4) is 0 Å². The fourth-order valence-electron chi connectivity index (χ4n) is 2.59. The van der Waals surface area contributed by atoms with Gasteiger partial charge in [-0.1, -0.05) is 45.2 Å². The summed E-state index contributed by atoms with van der Waals surface area (Å²) in [6.45, 7) is 0. The van der Waals surface area contributed by atoms with Crippen LogP contribution in [0.25, 0.3) is 11.6 Å². The molecule has 0 radical (unpaired) electrons. The third-order valence-corrected chi connectivity index (χ3v) is 4.72. The second-order valence-corrected chi connectivity index (χ2v) is 6.91. The van der Waals surface area contributed by atoms with E-state index in [1.54, 1.807) is 24.4 Å². The maximum atomic E-state index is 12.9. The minimum atomic E-state index is -0.149. The molecule has 1 heterocycles. The number of nitrogens with zero attached hydrogens (tertiary/aromatic N) is 1. The lowest BCUT2D eigenvalue weighted by atomic mass is 10.0. The number of pyridine rings is 1. The van der Waals surface area contributed by atoms with Crippen LogP contribution in [-0.2, 0) is 9.53 Å². The molecule has 0 unspecified atom stereocenters. The van der Waals surface area contributed by atoms with Gasteiger partial charge in [0.25, 0.3) is 0 Å². The van der Waals surface area contributed by atoms with Crippen LogP contribution in [0.4, 0.5) is 0 Å². The molecule has 1 aromatic carbocycles. The highest BCUT2D eigenvalue weighted by Gasteiger charge is 2.32. The largest absolute Gasteiger partial charge is 0.500 e. The Bertz CT molecular complexity index is 853. The Hall–Kier alpha value is -1.62. The summed E-state index contributed by atoms with van der Waals surface area (Å²) in [6.07, 6.45) is 3.82. The molecule has 0 saturated heterocycles. The molecule has 1 aromatic heterocycles. The van der Waals surface area contributed by atoms with Crippen molar-refractivity contribution in [2.45, 2.75) is 6.42 Å². The van der Waals surface area contributed by atoms with Gasteiger partial charge in [0, 0.05) is 28.2 Å². The monoisotopic (exact) mass is 423 g/mol. The van der Waals surface area contributed by atoms with E-state index in [9.17, 15) is 4.79 Å². The van der Waals surface area contributed by atoms with E-state index in [4.69, 9.17) is 27.9 Å². The molecule has 0 fully saturated rings. The first-order valence-corrected chi connectivity index (χ1v) is 8.64. The number of ether oxygens (including phenoxy) is 1. The van der Waals surface area contributed by atoms with Crippen LogP contribution in [0, 0.1) is 0 Å². The van der Waals surface area contributed by atoms with Gasteiger partial charge in [0.15, 0.2) is 5.78 Å². The van der Waals surface area contributed by atoms with Crippen LogP contribution in [0.15, 0.2) is 52.3 Å². The van der Waals surface area contributed by atoms with E-state index >= 15 is 0 Å². The van der Waals surface area contributed by atoms with Crippen molar-refractivity contribution in [1.29, 1.82) is 0 Å². The van der Waals surface area contributed by atoms with Crippen molar-refractivity contribution in [2.24, 2.45) is 0 Å². The van der Waals surface area contributed by atoms with Crippen molar-refractivity contribution in [3.05, 3.63) is 73.6 Å². The molecule has 1 aliphatic carbocycles. The second kappa shape index (κ2) is 7.09. The summed E-state index contributed by atoms with van der Waals surface area (Å²) in [7, 11) is 1.53. The lowest BCUT2D eigenvalue weighted by Gasteiger charge is -2.10. The van der Waals surface area contributed by atoms with Crippen LogP contribution >= 0.6 is 39.1 Å². The third-order valence-electron chi connectivity index (χ3n) is 3.66. The molecule has 0 N–H and O–H groups in total. The molecule has 24 heavy (non-hydrogen) atoms. The van der Waals surface area contributed by atoms with Gasteiger partial charge in [-0.2, -0.15) is 0 Å². The molecule has 122 valence electrons. The Balaban J connectivity index is 2.08. The summed E-state index contributed by atoms with van der Waals surface area (Å²) in [4.78, 5) is 17.1. The van der Waals surface area contributed by atoms with Gasteiger partial charge in [-0.15, -0.1) is 0 Å². The molecule has 1 aliphatic rings. The summed E-state index contributed by atoms with van der Waals surface area (Å²) in [5.41, 5.74) is 2.20. The molecule has 0 saturated carbocycles. The first-order chi connectivity index (χ1) is 11.5. The number of ketones is 1. The van der Waals surface area contributed by atoms with Crippen molar-refractivity contribution in [1.82, 2.24) is 4.98 Å². The summed E-state index contributed by atoms with van der Waals surface area (Å²) < 4.78 is 6.17. The molecule has 0 bridgehead atoms. The predicted molar refractivity (Wildman–Crippen MR) is 99.9 cm³/mol. The molecule has 3 nitrogen and oxygen atoms in total. The normalized spacial score (nSPS) is 16.2. The second-order valence-electron chi connectivity index (χ2n) is 5.18. The van der Waals surface area contributed by atoms with Crippen molar-refractivity contribution < 1.29 is 9.53 Å². The fraction of sp³-hybridized carbons (Fsp3) is 0.111. The number of hydrogen-bond donors (Lipinski definition) is 0. The van der Waals surface area contributed by atoms with Crippen LogP contribution in [-0.4, -0.2) is 17.9 Å². The molecular formula is C18H12BrCl2NO2. The Morgan fingerprint density at radius 3 is 2.54 bits per heavy atom. The molecule has 2 aromatic rings. The van der Waals surface area contributed by atoms with Gasteiger partial charge in [0.2, 0.25) is 0 Å². The summed E-state index contributed by atoms with van der Waals surface area (Å²) in [5, 5.41) is 0.790. The maximum Gasteiger partial charge on any atom is 0.193 e. The molecule has 0 spiro atoms. The standard InChI is InChI=1S/C18H12BrCl2NO2/c1-24-15-7-10(6-12-4-2-3-5-22-12)18(23)17(15)16-13(20)8-11(19)9-14(16)21/h2-6,8-9H,7H2,1H3. The van der Waals surface area contributed by atoms with Crippen LogP contribution < -0.4 is 0 Å². The Labute approximate surface area is 158 Å². The van der Waals surface area contributed by atoms with Gasteiger partial charge in [-0.25, -0.2) is 0 Å². The fourth-order valence-corrected chi connectivity index (χ4v) is 3.99. The van der Waals surface area contributed by atoms with E-state index in [-0.39, 0.29) is 5.78 Å². The maximum absolute atomic E-state index is 12.9. The third kappa shape index (κ3) is 3.27. The predicted octanol–water partition coefficient (Wildman–Crippen LogP) is 5.56. The van der Waals surface area contributed by atoms with E-state index in [1.165, 1.54) is 7.11 Å². The minimum absolute atomic E-state index is 0.149. The van der Waals surface area contributed by atoms with E-state index in [0.717, 1.165) is 4.47 Å². The first-order valence-electron chi connectivity index (χ1n) is 7.09. The van der Waals surface area contributed by atoms with Gasteiger partial charge < -0.3 is 4.74 Å². The average Bonchev–Trinajstić information content (AvgIpc) is 2.84. The Kier molecular flexibility index (Phi) is 5.09. The number of rotatable bonds is 3. The molecule has 0 amide bonds. The van der Waals surface area contributed by atoms with Crippen molar-refractivity contribution in [3.8, 4) is 0 Å². The van der Waals surface area contributed by atoms with Crippen molar-refractivity contribution >= 4 is 56.6 Å². The number of hydrogen-bond acceptors (Lipinski definition) is 3. The molecule has 0 aliphatic heterocycles. The SMILES string of the molecule is COC1=C(c2c(Cl)cc(Br)cc2Cl)C(=O)C(=Cc2ccccn2)C1. The molecule has 3 rings (SSSR count). The van der Waals surface area contributed by atoms with Crippen LogP contribution in [0.5, 0.6) is 0 Å². The average molecular weight is 425 g/mol. The number of Topliss-reactive ketones (excluding diaryl/α,β-unsaturated/α-hetero) is 1. The number of halogens is 3. The highest BCUT2D eigenvalue weighted by Crippen LogP contribution is 2.42. The lowest BCUT2D eigenvalue weighted by Crippen LogP contribution is -2.01.